The molecule has 1 aliphatic heterocycles. The van der Waals surface area contributed by atoms with Crippen LogP contribution < -0.4 is 5.73 Å². The third-order valence-electron chi connectivity index (χ3n) is 3.73. The van der Waals surface area contributed by atoms with Gasteiger partial charge >= 0.3 is 5.97 Å². The minimum Gasteiger partial charge on any atom is -0.469 e. The molecule has 0 aromatic rings. The van der Waals surface area contributed by atoms with Crippen LogP contribution in [0.15, 0.2) is 0 Å². The Bertz CT molecular complexity index is 259. The molecular weight excluding hydrogens is 252 g/mol. The van der Waals surface area contributed by atoms with E-state index in [0.717, 1.165) is 32.6 Å². The number of likely N-dealkylation sites (tertiary alicyclic amines) is 1. The molecule has 0 aromatic heterocycles. The number of methoxy groups -OCH3 is 1. The van der Waals surface area contributed by atoms with Crippen molar-refractivity contribution in [2.24, 2.45) is 17.1 Å². The van der Waals surface area contributed by atoms with Gasteiger partial charge in [-0.25, -0.2) is 0 Å². The maximum atomic E-state index is 11.6. The summed E-state index contributed by atoms with van der Waals surface area (Å²) in [6, 6.07) is 0. The van der Waals surface area contributed by atoms with Gasteiger partial charge in [0.1, 0.15) is 0 Å². The van der Waals surface area contributed by atoms with Gasteiger partial charge in [0.25, 0.3) is 0 Å². The van der Waals surface area contributed by atoms with Gasteiger partial charge in [0.05, 0.1) is 12.5 Å². The normalized spacial score (nSPS) is 21.2. The van der Waals surface area contributed by atoms with Crippen molar-refractivity contribution in [3.63, 3.8) is 0 Å². The molecule has 2 N–H and O–H groups in total. The largest absolute Gasteiger partial charge is 0.469 e. The second kappa shape index (κ2) is 7.97. The molecule has 0 aromatic carbocycles. The van der Waals surface area contributed by atoms with Crippen LogP contribution in [-0.4, -0.2) is 44.2 Å². The molecule has 1 fully saturated rings. The van der Waals surface area contributed by atoms with Crippen molar-refractivity contribution < 1.29 is 9.53 Å². The summed E-state index contributed by atoms with van der Waals surface area (Å²) < 4.78 is 4.82. The summed E-state index contributed by atoms with van der Waals surface area (Å²) in [5.41, 5.74) is 5.33. The molecule has 1 atom stereocenters. The first-order valence-electron chi connectivity index (χ1n) is 6.50. The van der Waals surface area contributed by atoms with Gasteiger partial charge in [0.2, 0.25) is 0 Å². The van der Waals surface area contributed by atoms with E-state index in [4.69, 9.17) is 10.5 Å². The maximum Gasteiger partial charge on any atom is 0.311 e. The standard InChI is InChI=1S/C13H26N2O2.ClH/c1-13(2,12(16)17-3)6-8-15-7-4-5-11(9-14)10-15;/h11H,4-10,14H2,1-3H3;1H. The second-order valence-electron chi connectivity index (χ2n) is 5.67. The summed E-state index contributed by atoms with van der Waals surface area (Å²) in [6.07, 6.45) is 3.31. The molecule has 0 bridgehead atoms. The van der Waals surface area contributed by atoms with Crippen LogP contribution in [0.25, 0.3) is 0 Å². The zero-order chi connectivity index (χ0) is 12.9. The van der Waals surface area contributed by atoms with Gasteiger partial charge < -0.3 is 15.4 Å². The minimum atomic E-state index is -0.385. The number of ether oxygens (including phenoxy) is 1. The predicted molar refractivity (Wildman–Crippen MR) is 75.9 cm³/mol. The highest BCUT2D eigenvalue weighted by Gasteiger charge is 2.29. The molecule has 1 unspecified atom stereocenters. The molecule has 1 heterocycles. The third-order valence-corrected chi connectivity index (χ3v) is 3.73. The number of nitrogens with two attached hydrogens (primary N) is 1. The van der Waals surface area contributed by atoms with Gasteiger partial charge in [-0.15, -0.1) is 12.4 Å². The first kappa shape index (κ1) is 17.7. The SMILES string of the molecule is COC(=O)C(C)(C)CCN1CCCC(CN)C1.Cl. The molecule has 4 nitrogen and oxygen atoms in total. The van der Waals surface area contributed by atoms with Crippen molar-refractivity contribution in [3.05, 3.63) is 0 Å². The van der Waals surface area contributed by atoms with Crippen LogP contribution in [0.5, 0.6) is 0 Å². The molecule has 5 heteroatoms. The fraction of sp³-hybridized carbons (Fsp3) is 0.923. The van der Waals surface area contributed by atoms with E-state index in [1.165, 1.54) is 20.0 Å². The van der Waals surface area contributed by atoms with Crippen LogP contribution in [0.2, 0.25) is 0 Å². The van der Waals surface area contributed by atoms with E-state index in [9.17, 15) is 4.79 Å². The van der Waals surface area contributed by atoms with E-state index < -0.39 is 0 Å². The average molecular weight is 279 g/mol. The Hall–Kier alpha value is -0.320. The number of esters is 1. The van der Waals surface area contributed by atoms with Crippen molar-refractivity contribution in [1.82, 2.24) is 4.90 Å². The van der Waals surface area contributed by atoms with Crippen LogP contribution in [0.4, 0.5) is 0 Å². The number of rotatable bonds is 5. The van der Waals surface area contributed by atoms with E-state index in [1.807, 2.05) is 13.8 Å². The molecule has 0 radical (unpaired) electrons. The maximum absolute atomic E-state index is 11.6. The zero-order valence-corrected chi connectivity index (χ0v) is 12.6. The molecule has 1 saturated heterocycles. The Labute approximate surface area is 117 Å². The highest BCUT2D eigenvalue weighted by atomic mass is 35.5. The number of nitrogens with zero attached hydrogens (tertiary/aromatic N) is 1. The summed E-state index contributed by atoms with van der Waals surface area (Å²) in [4.78, 5) is 14.0. The number of hydrogen-bond acceptors (Lipinski definition) is 4. The quantitative estimate of drug-likeness (QED) is 0.778. The van der Waals surface area contributed by atoms with Crippen molar-refractivity contribution >= 4 is 18.4 Å². The first-order valence-corrected chi connectivity index (χ1v) is 6.50. The predicted octanol–water partition coefficient (Wildman–Crippen LogP) is 1.67. The van der Waals surface area contributed by atoms with Crippen LogP contribution in [-0.2, 0) is 9.53 Å². The van der Waals surface area contributed by atoms with Gasteiger partial charge in [-0.3, -0.25) is 4.79 Å². The van der Waals surface area contributed by atoms with Crippen LogP contribution in [0, 0.1) is 11.3 Å². The summed E-state index contributed by atoms with van der Waals surface area (Å²) in [7, 11) is 1.45. The first-order chi connectivity index (χ1) is 7.99. The van der Waals surface area contributed by atoms with E-state index in [0.29, 0.717) is 5.92 Å². The molecule has 1 aliphatic rings. The number of carbonyl (C=O) groups is 1. The lowest BCUT2D eigenvalue weighted by atomic mass is 9.88. The summed E-state index contributed by atoms with van der Waals surface area (Å²) in [5.74, 6) is 0.509. The second-order valence-corrected chi connectivity index (χ2v) is 5.67. The van der Waals surface area contributed by atoms with E-state index in [-0.39, 0.29) is 23.8 Å². The molecule has 0 aliphatic carbocycles. The van der Waals surface area contributed by atoms with Gasteiger partial charge in [-0.05, 0) is 58.7 Å². The Morgan fingerprint density at radius 1 is 1.50 bits per heavy atom. The number of hydrogen-bond donors (Lipinski definition) is 1. The highest BCUT2D eigenvalue weighted by molar-refractivity contribution is 5.85. The van der Waals surface area contributed by atoms with E-state index in [1.54, 1.807) is 0 Å². The minimum absolute atomic E-state index is 0. The molecule has 0 saturated carbocycles. The Balaban J connectivity index is 0.00000289. The van der Waals surface area contributed by atoms with Gasteiger partial charge in [-0.1, -0.05) is 0 Å². The fourth-order valence-electron chi connectivity index (χ4n) is 2.36. The van der Waals surface area contributed by atoms with Crippen LogP contribution in [0.3, 0.4) is 0 Å². The molecule has 1 rings (SSSR count). The summed E-state index contributed by atoms with van der Waals surface area (Å²) >= 11 is 0. The number of halogens is 1. The molecule has 18 heavy (non-hydrogen) atoms. The summed E-state index contributed by atoms with van der Waals surface area (Å²) in [6.45, 7) is 7.84. The Morgan fingerprint density at radius 2 is 2.17 bits per heavy atom. The van der Waals surface area contributed by atoms with Crippen LogP contribution in [0.1, 0.15) is 33.1 Å². The van der Waals surface area contributed by atoms with Gasteiger partial charge in [0, 0.05) is 6.54 Å². The van der Waals surface area contributed by atoms with Gasteiger partial charge in [0.15, 0.2) is 0 Å². The Morgan fingerprint density at radius 3 is 2.72 bits per heavy atom. The summed E-state index contributed by atoms with van der Waals surface area (Å²) in [5, 5.41) is 0. The fourth-order valence-corrected chi connectivity index (χ4v) is 2.36. The van der Waals surface area contributed by atoms with Crippen molar-refractivity contribution in [1.29, 1.82) is 0 Å². The lowest BCUT2D eigenvalue weighted by Crippen LogP contribution is -2.40. The van der Waals surface area contributed by atoms with Crippen molar-refractivity contribution in [2.75, 3.05) is 33.3 Å². The van der Waals surface area contributed by atoms with Crippen molar-refractivity contribution in [2.45, 2.75) is 33.1 Å². The molecule has 0 spiro atoms. The highest BCUT2D eigenvalue weighted by Crippen LogP contribution is 2.24. The van der Waals surface area contributed by atoms with Gasteiger partial charge in [-0.2, -0.15) is 0 Å². The van der Waals surface area contributed by atoms with E-state index >= 15 is 0 Å². The lowest BCUT2D eigenvalue weighted by molar-refractivity contribution is -0.151. The topological polar surface area (TPSA) is 55.6 Å². The smallest absolute Gasteiger partial charge is 0.311 e. The lowest BCUT2D eigenvalue weighted by Gasteiger charge is -2.34. The Kier molecular flexibility index (Phi) is 7.83. The number of piperidine rings is 1. The average Bonchev–Trinajstić information content (AvgIpc) is 2.35. The molecule has 108 valence electrons. The zero-order valence-electron chi connectivity index (χ0n) is 11.8. The molecular formula is C13H27ClN2O2. The monoisotopic (exact) mass is 278 g/mol. The van der Waals surface area contributed by atoms with Crippen molar-refractivity contribution in [3.8, 4) is 0 Å². The molecule has 0 amide bonds. The van der Waals surface area contributed by atoms with E-state index in [2.05, 4.69) is 4.90 Å². The number of carbonyl (C=O) groups excluding carboxylic acids is 1. The van der Waals surface area contributed by atoms with Crippen LogP contribution >= 0.6 is 12.4 Å². The third kappa shape index (κ3) is 5.12.